The molecule has 8 aromatic carbocycles. The molecule has 11 rings (SSSR count). The highest BCUT2D eigenvalue weighted by atomic mass is 19.1. The van der Waals surface area contributed by atoms with Gasteiger partial charge in [0.25, 0.3) is 0 Å². The van der Waals surface area contributed by atoms with Gasteiger partial charge in [-0.15, -0.1) is 0 Å². The molecule has 0 saturated carbocycles. The van der Waals surface area contributed by atoms with Gasteiger partial charge in [0, 0.05) is 0 Å². The maximum atomic E-state index is 17.4. The van der Waals surface area contributed by atoms with Crippen LogP contribution >= 0.6 is 0 Å². The smallest absolute Gasteiger partial charge is 0.258 e. The molecule has 3 aliphatic heterocycles. The molecule has 0 unspecified atom stereocenters. The van der Waals surface area contributed by atoms with Gasteiger partial charge in [-0.3, -0.25) is 9.15 Å². The third-order valence-corrected chi connectivity index (χ3v) is 21.8. The van der Waals surface area contributed by atoms with Gasteiger partial charge in [0.1, 0.15) is 47.4 Å². The van der Waals surface area contributed by atoms with Gasteiger partial charge in [0.2, 0.25) is 0 Å². The quantitative estimate of drug-likeness (QED) is 0.0896. The van der Waals surface area contributed by atoms with Crippen LogP contribution < -0.4 is 0 Å². The number of hydrogen-bond acceptors (Lipinski definition) is 0. The highest BCUT2D eigenvalue weighted by Gasteiger charge is 2.57. The van der Waals surface area contributed by atoms with E-state index < -0.39 is 43.3 Å². The Morgan fingerprint density at radius 2 is 0.394 bits per heavy atom. The Balaban J connectivity index is 1.22. The Morgan fingerprint density at radius 3 is 0.529 bits per heavy atom. The molecule has 8 aromatic rings. The number of hydrogen-bond donors (Lipinski definition) is 0. The van der Waals surface area contributed by atoms with E-state index in [2.05, 4.69) is 365 Å². The summed E-state index contributed by atoms with van der Waals surface area (Å²) in [6.07, 6.45) is 0. The lowest BCUT2D eigenvalue weighted by molar-refractivity contribution is -0.671. The first-order valence-corrected chi connectivity index (χ1v) is 38.2. The van der Waals surface area contributed by atoms with E-state index in [0.29, 0.717) is 96.9 Å². The van der Waals surface area contributed by atoms with Crippen molar-refractivity contribution in [3.63, 3.8) is 0 Å². The fourth-order valence-electron chi connectivity index (χ4n) is 16.3. The molecule has 0 aromatic heterocycles. The van der Waals surface area contributed by atoms with Crippen LogP contribution in [0.1, 0.15) is 279 Å². The predicted molar refractivity (Wildman–Crippen MR) is 424 cm³/mol. The minimum absolute atomic E-state index is 0.150. The number of piperazine rings is 1. The summed E-state index contributed by atoms with van der Waals surface area (Å²) in [5, 5.41) is 0. The largest absolute Gasteiger partial charge is 0.352 e. The van der Waals surface area contributed by atoms with E-state index in [1.165, 1.54) is 0 Å². The lowest BCUT2D eigenvalue weighted by atomic mass is 9.78. The van der Waals surface area contributed by atoms with E-state index in [-0.39, 0.29) is 47.4 Å². The molecular weight excluding hydrogens is 1290 g/mol. The van der Waals surface area contributed by atoms with Crippen LogP contribution in [-0.4, -0.2) is 66.8 Å². The Labute approximate surface area is 623 Å². The zero-order valence-electron chi connectivity index (χ0n) is 67.3. The van der Waals surface area contributed by atoms with Crippen molar-refractivity contribution < 1.29 is 26.7 Å². The zero-order valence-corrected chi connectivity index (χ0v) is 67.3. The molecule has 3 aliphatic rings. The number of rotatable bonds is 12. The van der Waals surface area contributed by atoms with Gasteiger partial charge in [-0.2, -0.15) is 0 Å². The molecular formula is C94H120F4N6+2. The maximum Gasteiger partial charge on any atom is 0.352 e. The SMILES string of the molecule is CC(C)(C)c1cc(CN2C(=[N+]3CC[N+](=C4N(Cc5cc(C(C)(C)C)c(F)c(C(C)(C)C)c5)[C@H](c5ccccc5)[C@@H](c5ccccc5)N4Cc4cc(C(C)(C)C)c(F)c(C(C)(C)C)c4)CC3)N(Cc3cc(C(C)(C)C)c(F)c(C(C)(C)C)c3)[C@H](c3ccccc3)[C@H]2c2ccccc2)cc(C(C)(C)C)c1F. The molecule has 0 N–H and O–H groups in total. The molecule has 552 valence electrons. The highest BCUT2D eigenvalue weighted by molar-refractivity contribution is 5.81. The van der Waals surface area contributed by atoms with E-state index in [4.69, 9.17) is 0 Å². The summed E-state index contributed by atoms with van der Waals surface area (Å²) in [4.78, 5) is 10.5. The summed E-state index contributed by atoms with van der Waals surface area (Å²) in [6.45, 7) is 55.0. The van der Waals surface area contributed by atoms with Crippen LogP contribution in [0.4, 0.5) is 17.6 Å². The first kappa shape index (κ1) is 77.1. The molecule has 10 heteroatoms. The van der Waals surface area contributed by atoms with Crippen molar-refractivity contribution in [3.05, 3.63) is 282 Å². The van der Waals surface area contributed by atoms with Gasteiger partial charge < -0.3 is 0 Å². The number of halogens is 4. The Bertz CT molecular complexity index is 3770. The van der Waals surface area contributed by atoms with Crippen molar-refractivity contribution in [1.82, 2.24) is 19.6 Å². The predicted octanol–water partition coefficient (Wildman–Crippen LogP) is 22.7. The van der Waals surface area contributed by atoms with Crippen molar-refractivity contribution in [1.29, 1.82) is 0 Å². The van der Waals surface area contributed by atoms with Gasteiger partial charge in [-0.1, -0.05) is 287 Å². The third-order valence-electron chi connectivity index (χ3n) is 21.8. The van der Waals surface area contributed by atoms with Crippen LogP contribution in [0.25, 0.3) is 0 Å². The normalized spacial score (nSPS) is 18.4. The Hall–Kier alpha value is -7.98. The molecule has 4 atom stereocenters. The second-order valence-electron chi connectivity index (χ2n) is 38.5. The molecule has 0 radical (unpaired) electrons. The Kier molecular flexibility index (Phi) is 21.1. The lowest BCUT2D eigenvalue weighted by Crippen LogP contribution is -2.51. The maximum absolute atomic E-state index is 17.4. The van der Waals surface area contributed by atoms with Gasteiger partial charge in [0.15, 0.2) is 0 Å². The van der Waals surface area contributed by atoms with Crippen LogP contribution in [0.15, 0.2) is 170 Å². The summed E-state index contributed by atoms with van der Waals surface area (Å²) in [7, 11) is 0. The minimum atomic E-state index is -0.497. The summed E-state index contributed by atoms with van der Waals surface area (Å²) in [5.74, 6) is 1.52. The molecule has 3 fully saturated rings. The van der Waals surface area contributed by atoms with Crippen molar-refractivity contribution in [3.8, 4) is 0 Å². The van der Waals surface area contributed by atoms with Crippen molar-refractivity contribution in [2.75, 3.05) is 26.2 Å². The molecule has 6 nitrogen and oxygen atoms in total. The number of benzene rings is 8. The van der Waals surface area contributed by atoms with Crippen LogP contribution in [0.2, 0.25) is 0 Å². The van der Waals surface area contributed by atoms with Crippen LogP contribution in [0.3, 0.4) is 0 Å². The van der Waals surface area contributed by atoms with Gasteiger partial charge in [-0.25, -0.2) is 37.2 Å². The fraction of sp³-hybridized carbons (Fsp3) is 0.468. The molecule has 0 spiro atoms. The van der Waals surface area contributed by atoms with E-state index in [1.54, 1.807) is 0 Å². The monoisotopic (exact) mass is 1410 g/mol. The molecule has 104 heavy (non-hydrogen) atoms. The minimum Gasteiger partial charge on any atom is -0.258 e. The first-order valence-electron chi connectivity index (χ1n) is 38.2. The third kappa shape index (κ3) is 15.9. The molecule has 0 bridgehead atoms. The van der Waals surface area contributed by atoms with Gasteiger partial charge in [-0.05, 0) is 181 Å². The van der Waals surface area contributed by atoms with Crippen molar-refractivity contribution >= 4 is 11.9 Å². The van der Waals surface area contributed by atoms with Crippen LogP contribution in [0.5, 0.6) is 0 Å². The zero-order chi connectivity index (χ0) is 75.9. The van der Waals surface area contributed by atoms with Gasteiger partial charge >= 0.3 is 11.9 Å². The average molecular weight is 1410 g/mol. The number of guanidine groups is 2. The van der Waals surface area contributed by atoms with E-state index in [0.717, 1.165) is 56.4 Å². The molecule has 0 amide bonds. The van der Waals surface area contributed by atoms with Gasteiger partial charge in [0.05, 0.1) is 52.4 Å². The van der Waals surface area contributed by atoms with E-state index in [9.17, 15) is 0 Å². The number of nitrogens with zero attached hydrogens (tertiary/aromatic N) is 6. The lowest BCUT2D eigenvalue weighted by Gasteiger charge is -2.31. The molecule has 3 heterocycles. The van der Waals surface area contributed by atoms with Crippen molar-refractivity contribution in [2.45, 2.75) is 260 Å². The van der Waals surface area contributed by atoms with E-state index in [1.807, 2.05) is 0 Å². The van der Waals surface area contributed by atoms with Crippen LogP contribution in [-0.2, 0) is 69.5 Å². The van der Waals surface area contributed by atoms with Crippen molar-refractivity contribution in [2.24, 2.45) is 0 Å². The van der Waals surface area contributed by atoms with Crippen LogP contribution in [0, 0.1) is 23.3 Å². The fourth-order valence-corrected chi connectivity index (χ4v) is 16.3. The highest BCUT2D eigenvalue weighted by Crippen LogP contribution is 2.51. The topological polar surface area (TPSA) is 19.0 Å². The molecule has 0 aliphatic carbocycles. The standard InChI is InChI=1S/C94H120F4N6/c1-87(2,3)69-49-61(50-70(77(69)95)88(4,5)6)57-101-81(65-37-29-25-30-38-65)82(66-39-31-26-32-40-66)102(58-62-51-71(89(7,8)9)78(96)72(52-62)90(10,11)12)85(101)99-45-47-100(48-46-99)86-103(59-63-53-73(91(13,14)15)79(97)74(54-63)92(16,17)18)83(67-41-33-27-34-42-67)84(68-43-35-28-36-44-68)104(86)60-64-55-75(93(19,20)21)80(98)76(56-64)94(22,23)24/h25-44,49-56,81-84H,45-48,57-60H2,1-24H3/q+2/t81-,82-,83-,84-/m1/s1. The summed E-state index contributed by atoms with van der Waals surface area (Å²) < 4.78 is 74.9. The summed E-state index contributed by atoms with van der Waals surface area (Å²) in [5.41, 5.74) is 10.3. The summed E-state index contributed by atoms with van der Waals surface area (Å²) in [6, 6.07) is 59.8. The summed E-state index contributed by atoms with van der Waals surface area (Å²) >= 11 is 0. The Morgan fingerprint density at radius 1 is 0.250 bits per heavy atom. The average Bonchev–Trinajstić information content (AvgIpc) is 1.59. The first-order chi connectivity index (χ1) is 48.3. The molecule has 3 saturated heterocycles. The second kappa shape index (κ2) is 28.4. The second-order valence-corrected chi connectivity index (χ2v) is 38.5. The van der Waals surface area contributed by atoms with E-state index >= 15 is 17.6 Å².